The van der Waals surface area contributed by atoms with Crippen LogP contribution in [0.4, 0.5) is 4.39 Å². The Morgan fingerprint density at radius 3 is 2.54 bits per heavy atom. The second kappa shape index (κ2) is 7.73. The largest absolute Gasteiger partial charge is 0.484 e. The highest BCUT2D eigenvalue weighted by molar-refractivity contribution is 5.82. The van der Waals surface area contributed by atoms with E-state index in [-0.39, 0.29) is 12.0 Å². The third kappa shape index (κ3) is 5.50. The molecular formula is C19H21FN2O2. The van der Waals surface area contributed by atoms with Crippen molar-refractivity contribution >= 4 is 12.1 Å². The summed E-state index contributed by atoms with van der Waals surface area (Å²) in [7, 11) is 0. The number of carbonyl (C=O) groups excluding carboxylic acids is 1. The Bertz CT molecular complexity index is 719. The van der Waals surface area contributed by atoms with Gasteiger partial charge in [0, 0.05) is 6.07 Å². The van der Waals surface area contributed by atoms with E-state index in [0.29, 0.717) is 5.75 Å². The highest BCUT2D eigenvalue weighted by Gasteiger charge is 2.12. The fourth-order valence-electron chi connectivity index (χ4n) is 1.99. The monoisotopic (exact) mass is 328 g/mol. The van der Waals surface area contributed by atoms with Gasteiger partial charge in [0.25, 0.3) is 5.91 Å². The first kappa shape index (κ1) is 17.7. The molecule has 5 heteroatoms. The van der Waals surface area contributed by atoms with Crippen molar-refractivity contribution < 1.29 is 13.9 Å². The molecule has 0 heterocycles. The number of halogens is 1. The van der Waals surface area contributed by atoms with E-state index < -0.39 is 11.7 Å². The molecule has 0 fully saturated rings. The third-order valence-electron chi connectivity index (χ3n) is 3.35. The highest BCUT2D eigenvalue weighted by Crippen LogP contribution is 2.21. The Morgan fingerprint density at radius 1 is 1.21 bits per heavy atom. The number of benzene rings is 2. The quantitative estimate of drug-likeness (QED) is 0.673. The van der Waals surface area contributed by atoms with Gasteiger partial charge in [-0.15, -0.1) is 0 Å². The number of ether oxygens (including phenoxy) is 1. The SMILES string of the molecule is CC(C)(C)c1ccc(/C=N\NC(=O)COc2cccc(F)c2)cc1. The maximum Gasteiger partial charge on any atom is 0.277 e. The van der Waals surface area contributed by atoms with E-state index in [4.69, 9.17) is 4.74 Å². The van der Waals surface area contributed by atoms with Crippen molar-refractivity contribution in [1.82, 2.24) is 5.43 Å². The summed E-state index contributed by atoms with van der Waals surface area (Å²) >= 11 is 0. The lowest BCUT2D eigenvalue weighted by Gasteiger charge is -2.18. The minimum absolute atomic E-state index is 0.0954. The topological polar surface area (TPSA) is 50.7 Å². The Balaban J connectivity index is 1.81. The first-order chi connectivity index (χ1) is 11.3. The molecule has 2 rings (SSSR count). The van der Waals surface area contributed by atoms with Crippen LogP contribution >= 0.6 is 0 Å². The summed E-state index contributed by atoms with van der Waals surface area (Å²) in [5.41, 5.74) is 4.58. The van der Waals surface area contributed by atoms with Crippen LogP contribution in [0.5, 0.6) is 5.75 Å². The van der Waals surface area contributed by atoms with E-state index in [9.17, 15) is 9.18 Å². The van der Waals surface area contributed by atoms with Crippen molar-refractivity contribution in [3.63, 3.8) is 0 Å². The molecule has 0 radical (unpaired) electrons. The van der Waals surface area contributed by atoms with Crippen LogP contribution in [-0.4, -0.2) is 18.7 Å². The van der Waals surface area contributed by atoms with Crippen molar-refractivity contribution in [3.8, 4) is 5.75 Å². The maximum atomic E-state index is 13.0. The van der Waals surface area contributed by atoms with Crippen LogP contribution in [0.25, 0.3) is 0 Å². The zero-order chi connectivity index (χ0) is 17.6. The van der Waals surface area contributed by atoms with E-state index in [1.165, 1.54) is 23.8 Å². The van der Waals surface area contributed by atoms with E-state index in [1.54, 1.807) is 12.3 Å². The van der Waals surface area contributed by atoms with Crippen molar-refractivity contribution in [2.75, 3.05) is 6.61 Å². The zero-order valence-electron chi connectivity index (χ0n) is 14.0. The van der Waals surface area contributed by atoms with Crippen LogP contribution in [0.3, 0.4) is 0 Å². The van der Waals surface area contributed by atoms with E-state index in [2.05, 4.69) is 31.3 Å². The minimum atomic E-state index is -0.415. The Kier molecular flexibility index (Phi) is 5.68. The molecule has 0 bridgehead atoms. The summed E-state index contributed by atoms with van der Waals surface area (Å²) in [4.78, 5) is 11.6. The van der Waals surface area contributed by atoms with Crippen molar-refractivity contribution in [1.29, 1.82) is 0 Å². The van der Waals surface area contributed by atoms with Gasteiger partial charge in [0.15, 0.2) is 6.61 Å². The summed E-state index contributed by atoms with van der Waals surface area (Å²) in [6, 6.07) is 13.6. The molecule has 4 nitrogen and oxygen atoms in total. The van der Waals surface area contributed by atoms with Crippen LogP contribution in [0, 0.1) is 5.82 Å². The van der Waals surface area contributed by atoms with Gasteiger partial charge in [-0.1, -0.05) is 51.1 Å². The number of amides is 1. The summed E-state index contributed by atoms with van der Waals surface area (Å²) in [5.74, 6) is -0.529. The van der Waals surface area contributed by atoms with Gasteiger partial charge in [0.05, 0.1) is 6.21 Å². The molecule has 2 aromatic carbocycles. The summed E-state index contributed by atoms with van der Waals surface area (Å²) in [6.07, 6.45) is 1.56. The fourth-order valence-corrected chi connectivity index (χ4v) is 1.99. The van der Waals surface area contributed by atoms with Crippen molar-refractivity contribution in [2.24, 2.45) is 5.10 Å². The molecule has 0 saturated heterocycles. The van der Waals surface area contributed by atoms with Gasteiger partial charge in [-0.2, -0.15) is 5.10 Å². The average molecular weight is 328 g/mol. The standard InChI is InChI=1S/C19H21FN2O2/c1-19(2,3)15-9-7-14(8-10-15)12-21-22-18(23)13-24-17-6-4-5-16(20)11-17/h4-12H,13H2,1-3H3,(H,22,23)/b21-12-. The molecule has 1 N–H and O–H groups in total. The zero-order valence-corrected chi connectivity index (χ0v) is 14.0. The summed E-state index contributed by atoms with van der Waals surface area (Å²) < 4.78 is 18.2. The van der Waals surface area contributed by atoms with Crippen molar-refractivity contribution in [2.45, 2.75) is 26.2 Å². The van der Waals surface area contributed by atoms with Gasteiger partial charge in [-0.05, 0) is 28.7 Å². The van der Waals surface area contributed by atoms with Crippen molar-refractivity contribution in [3.05, 3.63) is 65.5 Å². The Hall–Kier alpha value is -2.69. The van der Waals surface area contributed by atoms with Gasteiger partial charge >= 0.3 is 0 Å². The van der Waals surface area contributed by atoms with E-state index >= 15 is 0 Å². The number of nitrogens with one attached hydrogen (secondary N) is 1. The normalized spacial score (nSPS) is 11.5. The second-order valence-corrected chi connectivity index (χ2v) is 6.41. The van der Waals surface area contributed by atoms with Crippen LogP contribution in [-0.2, 0) is 10.2 Å². The number of hydrogen-bond donors (Lipinski definition) is 1. The lowest BCUT2D eigenvalue weighted by molar-refractivity contribution is -0.123. The molecule has 0 unspecified atom stereocenters. The van der Waals surface area contributed by atoms with Gasteiger partial charge < -0.3 is 4.74 Å². The van der Waals surface area contributed by atoms with Crippen LogP contribution in [0.1, 0.15) is 31.9 Å². The Labute approximate surface area is 141 Å². The molecule has 126 valence electrons. The molecule has 0 aliphatic heterocycles. The van der Waals surface area contributed by atoms with Gasteiger partial charge in [-0.3, -0.25) is 4.79 Å². The molecule has 0 saturated carbocycles. The molecule has 0 spiro atoms. The smallest absolute Gasteiger partial charge is 0.277 e. The predicted molar refractivity (Wildman–Crippen MR) is 92.8 cm³/mol. The first-order valence-corrected chi connectivity index (χ1v) is 7.65. The van der Waals surface area contributed by atoms with Crippen LogP contribution < -0.4 is 10.2 Å². The van der Waals surface area contributed by atoms with Gasteiger partial charge in [0.2, 0.25) is 0 Å². The minimum Gasteiger partial charge on any atom is -0.484 e. The molecule has 1 amide bonds. The molecular weight excluding hydrogens is 307 g/mol. The number of hydrazone groups is 1. The molecule has 0 atom stereocenters. The third-order valence-corrected chi connectivity index (χ3v) is 3.35. The van der Waals surface area contributed by atoms with Crippen LogP contribution in [0.15, 0.2) is 53.6 Å². The van der Waals surface area contributed by atoms with Gasteiger partial charge in [0.1, 0.15) is 11.6 Å². The molecule has 2 aromatic rings. The number of rotatable bonds is 5. The highest BCUT2D eigenvalue weighted by atomic mass is 19.1. The Morgan fingerprint density at radius 2 is 1.92 bits per heavy atom. The number of carbonyl (C=O) groups is 1. The summed E-state index contributed by atoms with van der Waals surface area (Å²) in [5, 5.41) is 3.88. The summed E-state index contributed by atoms with van der Waals surface area (Å²) in [6.45, 7) is 6.21. The fraction of sp³-hybridized carbons (Fsp3) is 0.263. The molecule has 0 aliphatic carbocycles. The molecule has 24 heavy (non-hydrogen) atoms. The number of hydrogen-bond acceptors (Lipinski definition) is 3. The second-order valence-electron chi connectivity index (χ2n) is 6.41. The average Bonchev–Trinajstić information content (AvgIpc) is 2.53. The number of nitrogens with zero attached hydrogens (tertiary/aromatic N) is 1. The molecule has 0 aromatic heterocycles. The lowest BCUT2D eigenvalue weighted by atomic mass is 9.87. The van der Waals surface area contributed by atoms with E-state index in [1.807, 2.05) is 24.3 Å². The first-order valence-electron chi connectivity index (χ1n) is 7.65. The van der Waals surface area contributed by atoms with Crippen LogP contribution in [0.2, 0.25) is 0 Å². The predicted octanol–water partition coefficient (Wildman–Crippen LogP) is 3.65. The molecule has 0 aliphatic rings. The van der Waals surface area contributed by atoms with E-state index in [0.717, 1.165) is 5.56 Å². The van der Waals surface area contributed by atoms with Gasteiger partial charge in [-0.25, -0.2) is 9.82 Å². The lowest BCUT2D eigenvalue weighted by Crippen LogP contribution is -2.24. The maximum absolute atomic E-state index is 13.0.